The molecular weight excluding hydrogens is 274 g/mol. The zero-order valence-corrected chi connectivity index (χ0v) is 11.3. The largest absolute Gasteiger partial charge is 0.476 e. The van der Waals surface area contributed by atoms with Crippen molar-refractivity contribution in [2.75, 3.05) is 6.54 Å². The van der Waals surface area contributed by atoms with Gasteiger partial charge in [0.05, 0.1) is 12.7 Å². The molecule has 1 amide bonds. The van der Waals surface area contributed by atoms with Crippen LogP contribution in [0.1, 0.15) is 22.5 Å². The number of carbonyl (C=O) groups excluding carboxylic acids is 1. The third-order valence-corrected chi connectivity index (χ3v) is 2.78. The summed E-state index contributed by atoms with van der Waals surface area (Å²) in [4.78, 5) is 26.3. The predicted molar refractivity (Wildman–Crippen MR) is 72.5 cm³/mol. The summed E-state index contributed by atoms with van der Waals surface area (Å²) in [6.07, 6.45) is 5.75. The summed E-state index contributed by atoms with van der Waals surface area (Å²) in [6.45, 7) is 0.743. The molecular formula is C13H15N5O3. The molecule has 110 valence electrons. The van der Waals surface area contributed by atoms with Crippen LogP contribution in [0.5, 0.6) is 0 Å². The Kier molecular flexibility index (Phi) is 4.97. The van der Waals surface area contributed by atoms with Crippen LogP contribution in [0.2, 0.25) is 0 Å². The van der Waals surface area contributed by atoms with Crippen molar-refractivity contribution in [3.8, 4) is 0 Å². The van der Waals surface area contributed by atoms with Crippen molar-refractivity contribution in [1.82, 2.24) is 25.3 Å². The monoisotopic (exact) mass is 289 g/mol. The SMILES string of the molecule is O=C(CCc1cccnc1)NCCn1cc(C(=O)O)nn1. The molecule has 0 aliphatic carbocycles. The lowest BCUT2D eigenvalue weighted by Gasteiger charge is -2.05. The quantitative estimate of drug-likeness (QED) is 0.749. The van der Waals surface area contributed by atoms with E-state index < -0.39 is 5.97 Å². The summed E-state index contributed by atoms with van der Waals surface area (Å²) in [5.74, 6) is -1.20. The summed E-state index contributed by atoms with van der Waals surface area (Å²) < 4.78 is 1.38. The number of nitrogens with zero attached hydrogens (tertiary/aromatic N) is 4. The molecule has 2 heterocycles. The first-order chi connectivity index (χ1) is 10.1. The Morgan fingerprint density at radius 2 is 2.24 bits per heavy atom. The van der Waals surface area contributed by atoms with E-state index in [1.54, 1.807) is 12.4 Å². The van der Waals surface area contributed by atoms with Crippen molar-refractivity contribution >= 4 is 11.9 Å². The van der Waals surface area contributed by atoms with Crippen LogP contribution < -0.4 is 5.32 Å². The highest BCUT2D eigenvalue weighted by Crippen LogP contribution is 2.00. The van der Waals surface area contributed by atoms with Gasteiger partial charge >= 0.3 is 5.97 Å². The number of carboxylic acids is 1. The van der Waals surface area contributed by atoms with Crippen LogP contribution in [0.4, 0.5) is 0 Å². The minimum absolute atomic E-state index is 0.0718. The van der Waals surface area contributed by atoms with Gasteiger partial charge in [0.15, 0.2) is 5.69 Å². The molecule has 0 saturated carbocycles. The van der Waals surface area contributed by atoms with E-state index in [9.17, 15) is 9.59 Å². The number of carboxylic acid groups (broad SMARTS) is 1. The number of pyridine rings is 1. The summed E-state index contributed by atoms with van der Waals surface area (Å²) in [7, 11) is 0. The van der Waals surface area contributed by atoms with E-state index >= 15 is 0 Å². The second-order valence-corrected chi connectivity index (χ2v) is 4.38. The van der Waals surface area contributed by atoms with Gasteiger partial charge in [-0.15, -0.1) is 5.10 Å². The van der Waals surface area contributed by atoms with Gasteiger partial charge in [-0.2, -0.15) is 0 Å². The Morgan fingerprint density at radius 3 is 2.90 bits per heavy atom. The molecule has 8 heteroatoms. The van der Waals surface area contributed by atoms with Crippen molar-refractivity contribution in [1.29, 1.82) is 0 Å². The molecule has 0 aromatic carbocycles. The van der Waals surface area contributed by atoms with Gasteiger partial charge < -0.3 is 10.4 Å². The maximum atomic E-state index is 11.6. The normalized spacial score (nSPS) is 10.3. The van der Waals surface area contributed by atoms with Crippen LogP contribution in [0.15, 0.2) is 30.7 Å². The topological polar surface area (TPSA) is 110 Å². The van der Waals surface area contributed by atoms with Gasteiger partial charge in [-0.3, -0.25) is 9.78 Å². The molecule has 8 nitrogen and oxygen atoms in total. The first-order valence-electron chi connectivity index (χ1n) is 6.44. The van der Waals surface area contributed by atoms with Crippen molar-refractivity contribution in [2.45, 2.75) is 19.4 Å². The third-order valence-electron chi connectivity index (χ3n) is 2.78. The number of aryl methyl sites for hydroxylation is 1. The molecule has 0 atom stereocenters. The minimum atomic E-state index is -1.12. The number of aromatic nitrogens is 4. The molecule has 0 bridgehead atoms. The highest BCUT2D eigenvalue weighted by atomic mass is 16.4. The number of rotatable bonds is 7. The third kappa shape index (κ3) is 4.68. The fourth-order valence-electron chi connectivity index (χ4n) is 1.71. The lowest BCUT2D eigenvalue weighted by Crippen LogP contribution is -2.27. The Morgan fingerprint density at radius 1 is 1.38 bits per heavy atom. The van der Waals surface area contributed by atoms with Gasteiger partial charge in [0.1, 0.15) is 0 Å². The van der Waals surface area contributed by atoms with Crippen LogP contribution in [-0.4, -0.2) is 43.5 Å². The highest BCUT2D eigenvalue weighted by Gasteiger charge is 2.08. The first kappa shape index (κ1) is 14.6. The molecule has 0 saturated heterocycles. The van der Waals surface area contributed by atoms with Crippen molar-refractivity contribution in [3.63, 3.8) is 0 Å². The molecule has 2 aromatic heterocycles. The lowest BCUT2D eigenvalue weighted by molar-refractivity contribution is -0.121. The second kappa shape index (κ2) is 7.13. The van der Waals surface area contributed by atoms with Crippen LogP contribution in [0.3, 0.4) is 0 Å². The number of nitrogens with one attached hydrogen (secondary N) is 1. The number of amides is 1. The van der Waals surface area contributed by atoms with Gasteiger partial charge in [0, 0.05) is 25.4 Å². The fourth-order valence-corrected chi connectivity index (χ4v) is 1.71. The molecule has 2 aromatic rings. The molecule has 0 aliphatic rings. The van der Waals surface area contributed by atoms with Crippen LogP contribution in [-0.2, 0) is 17.8 Å². The molecule has 2 N–H and O–H groups in total. The molecule has 2 rings (SSSR count). The van der Waals surface area contributed by atoms with Crippen LogP contribution in [0, 0.1) is 0 Å². The van der Waals surface area contributed by atoms with Gasteiger partial charge in [-0.05, 0) is 18.1 Å². The zero-order valence-electron chi connectivity index (χ0n) is 11.3. The number of carbonyl (C=O) groups is 2. The summed E-state index contributed by atoms with van der Waals surface area (Å²) in [5.41, 5.74) is 0.896. The summed E-state index contributed by atoms with van der Waals surface area (Å²) in [6, 6.07) is 3.75. The van der Waals surface area contributed by atoms with Crippen molar-refractivity contribution in [3.05, 3.63) is 42.0 Å². The average molecular weight is 289 g/mol. The van der Waals surface area contributed by atoms with E-state index in [2.05, 4.69) is 20.6 Å². The second-order valence-electron chi connectivity index (χ2n) is 4.38. The summed E-state index contributed by atoms with van der Waals surface area (Å²) >= 11 is 0. The smallest absolute Gasteiger partial charge is 0.358 e. The first-order valence-corrected chi connectivity index (χ1v) is 6.44. The van der Waals surface area contributed by atoms with E-state index in [0.29, 0.717) is 25.9 Å². The summed E-state index contributed by atoms with van der Waals surface area (Å²) in [5, 5.41) is 18.6. The fraction of sp³-hybridized carbons (Fsp3) is 0.308. The highest BCUT2D eigenvalue weighted by molar-refractivity contribution is 5.84. The maximum absolute atomic E-state index is 11.6. The standard InChI is InChI=1S/C13H15N5O3/c19-12(4-3-10-2-1-5-14-8-10)15-6-7-18-9-11(13(20)21)16-17-18/h1-2,5,8-9H,3-4,6-7H2,(H,15,19)(H,20,21). The Bertz CT molecular complexity index is 611. The Labute approximate surface area is 120 Å². The molecule has 0 unspecified atom stereocenters. The van der Waals surface area contributed by atoms with Gasteiger partial charge in [-0.25, -0.2) is 9.48 Å². The minimum Gasteiger partial charge on any atom is -0.476 e. The number of aromatic carboxylic acids is 1. The maximum Gasteiger partial charge on any atom is 0.358 e. The van der Waals surface area contributed by atoms with Crippen molar-refractivity contribution in [2.24, 2.45) is 0 Å². The van der Waals surface area contributed by atoms with E-state index in [-0.39, 0.29) is 11.6 Å². The zero-order chi connectivity index (χ0) is 15.1. The lowest BCUT2D eigenvalue weighted by atomic mass is 10.1. The van der Waals surface area contributed by atoms with Gasteiger partial charge in [-0.1, -0.05) is 11.3 Å². The number of hydrogen-bond donors (Lipinski definition) is 2. The number of hydrogen-bond acceptors (Lipinski definition) is 5. The Hall–Kier alpha value is -2.77. The molecule has 0 spiro atoms. The van der Waals surface area contributed by atoms with E-state index in [4.69, 9.17) is 5.11 Å². The van der Waals surface area contributed by atoms with Gasteiger partial charge in [0.25, 0.3) is 0 Å². The van der Waals surface area contributed by atoms with E-state index in [0.717, 1.165) is 5.56 Å². The van der Waals surface area contributed by atoms with Crippen LogP contribution in [0.25, 0.3) is 0 Å². The Balaban J connectivity index is 1.68. The molecule has 0 fully saturated rings. The van der Waals surface area contributed by atoms with E-state index in [1.807, 2.05) is 12.1 Å². The van der Waals surface area contributed by atoms with Crippen molar-refractivity contribution < 1.29 is 14.7 Å². The average Bonchev–Trinajstić information content (AvgIpc) is 2.95. The predicted octanol–water partition coefficient (Wildman–Crippen LogP) is 0.120. The molecule has 0 radical (unpaired) electrons. The molecule has 0 aliphatic heterocycles. The van der Waals surface area contributed by atoms with Gasteiger partial charge in [0.2, 0.25) is 5.91 Å². The van der Waals surface area contributed by atoms with Crippen LogP contribution >= 0.6 is 0 Å². The van der Waals surface area contributed by atoms with E-state index in [1.165, 1.54) is 10.9 Å². The molecule has 21 heavy (non-hydrogen) atoms.